The maximum absolute atomic E-state index is 11.3. The number of Topliss-reactive ketones (excluding diaryl/α,β-unsaturated/α-hetero) is 1. The van der Waals surface area contributed by atoms with Gasteiger partial charge in [0.05, 0.1) is 11.6 Å². The molecule has 0 bridgehead atoms. The normalized spacial score (nSPS) is 12.5. The molecule has 3 heteroatoms. The molecule has 1 rings (SSSR count). The standard InChI is InChI=1S/C9H11NO2/c1-6(10)9(12)7-4-2-3-5-8(7)11/h2-6,11H,10H2,1H3. The lowest BCUT2D eigenvalue weighted by molar-refractivity contribution is 0.0965. The average Bonchev–Trinajstić information content (AvgIpc) is 2.04. The van der Waals surface area contributed by atoms with Crippen LogP contribution < -0.4 is 5.73 Å². The highest BCUT2D eigenvalue weighted by Gasteiger charge is 2.13. The Morgan fingerprint density at radius 3 is 2.58 bits per heavy atom. The first-order valence-corrected chi connectivity index (χ1v) is 3.70. The lowest BCUT2D eigenvalue weighted by Crippen LogP contribution is -2.26. The molecule has 0 aromatic heterocycles. The minimum absolute atomic E-state index is 0.0141. The summed E-state index contributed by atoms with van der Waals surface area (Å²) >= 11 is 0. The summed E-state index contributed by atoms with van der Waals surface area (Å²) < 4.78 is 0. The molecule has 0 radical (unpaired) electrons. The van der Waals surface area contributed by atoms with Gasteiger partial charge in [-0.05, 0) is 19.1 Å². The second-order valence-corrected chi connectivity index (χ2v) is 2.67. The average molecular weight is 165 g/mol. The van der Waals surface area contributed by atoms with E-state index in [2.05, 4.69) is 0 Å². The lowest BCUT2D eigenvalue weighted by Gasteiger charge is -2.05. The van der Waals surface area contributed by atoms with E-state index >= 15 is 0 Å². The fourth-order valence-corrected chi connectivity index (χ4v) is 0.927. The summed E-state index contributed by atoms with van der Waals surface area (Å²) in [6, 6.07) is 5.80. The SMILES string of the molecule is CC(N)C(=O)c1ccccc1O. The maximum Gasteiger partial charge on any atom is 0.182 e. The van der Waals surface area contributed by atoms with Crippen LogP contribution in [-0.4, -0.2) is 16.9 Å². The molecule has 1 aromatic carbocycles. The highest BCUT2D eigenvalue weighted by molar-refractivity contribution is 6.01. The Bertz CT molecular complexity index is 294. The van der Waals surface area contributed by atoms with Gasteiger partial charge in [0.2, 0.25) is 0 Å². The van der Waals surface area contributed by atoms with E-state index < -0.39 is 6.04 Å². The van der Waals surface area contributed by atoms with Crippen molar-refractivity contribution in [2.75, 3.05) is 0 Å². The second kappa shape index (κ2) is 3.36. The zero-order valence-corrected chi connectivity index (χ0v) is 6.82. The molecule has 0 saturated carbocycles. The number of nitrogens with two attached hydrogens (primary N) is 1. The molecule has 1 unspecified atom stereocenters. The van der Waals surface area contributed by atoms with Crippen LogP contribution in [0.1, 0.15) is 17.3 Å². The number of phenolic OH excluding ortho intramolecular Hbond substituents is 1. The van der Waals surface area contributed by atoms with Crippen LogP contribution in [-0.2, 0) is 0 Å². The summed E-state index contributed by atoms with van der Waals surface area (Å²) in [5.74, 6) is -0.257. The van der Waals surface area contributed by atoms with Crippen molar-refractivity contribution in [1.29, 1.82) is 0 Å². The van der Waals surface area contributed by atoms with E-state index in [9.17, 15) is 9.90 Å². The molecule has 0 aliphatic rings. The van der Waals surface area contributed by atoms with Crippen LogP contribution in [0.15, 0.2) is 24.3 Å². The largest absolute Gasteiger partial charge is 0.507 e. The van der Waals surface area contributed by atoms with Gasteiger partial charge in [-0.1, -0.05) is 12.1 Å². The number of hydrogen-bond acceptors (Lipinski definition) is 3. The quantitative estimate of drug-likeness (QED) is 0.640. The Morgan fingerprint density at radius 1 is 1.50 bits per heavy atom. The number of phenols is 1. The van der Waals surface area contributed by atoms with Crippen LogP contribution in [0.25, 0.3) is 0 Å². The van der Waals surface area contributed by atoms with E-state index in [-0.39, 0.29) is 17.1 Å². The smallest absolute Gasteiger partial charge is 0.182 e. The molecule has 12 heavy (non-hydrogen) atoms. The summed E-state index contributed by atoms with van der Waals surface area (Å²) in [6.07, 6.45) is 0. The number of carbonyl (C=O) groups is 1. The van der Waals surface area contributed by atoms with Crippen molar-refractivity contribution < 1.29 is 9.90 Å². The first kappa shape index (κ1) is 8.74. The highest BCUT2D eigenvalue weighted by Crippen LogP contribution is 2.16. The third-order valence-corrected chi connectivity index (χ3v) is 1.58. The third kappa shape index (κ3) is 1.62. The molecule has 0 saturated heterocycles. The molecule has 1 atom stereocenters. The molecule has 64 valence electrons. The fourth-order valence-electron chi connectivity index (χ4n) is 0.927. The van der Waals surface area contributed by atoms with Crippen molar-refractivity contribution in [3.63, 3.8) is 0 Å². The van der Waals surface area contributed by atoms with Gasteiger partial charge in [-0.2, -0.15) is 0 Å². The Hall–Kier alpha value is -1.35. The molecular formula is C9H11NO2. The van der Waals surface area contributed by atoms with E-state index in [1.165, 1.54) is 6.07 Å². The predicted molar refractivity (Wildman–Crippen MR) is 46.1 cm³/mol. The zero-order valence-electron chi connectivity index (χ0n) is 6.82. The van der Waals surface area contributed by atoms with Gasteiger partial charge < -0.3 is 10.8 Å². The summed E-state index contributed by atoms with van der Waals surface area (Å²) in [5, 5.41) is 9.25. The van der Waals surface area contributed by atoms with Gasteiger partial charge in [0, 0.05) is 0 Å². The molecule has 0 aliphatic carbocycles. The summed E-state index contributed by atoms with van der Waals surface area (Å²) in [6.45, 7) is 1.59. The van der Waals surface area contributed by atoms with E-state index in [0.29, 0.717) is 0 Å². The van der Waals surface area contributed by atoms with E-state index in [0.717, 1.165) is 0 Å². The van der Waals surface area contributed by atoms with Crippen LogP contribution >= 0.6 is 0 Å². The van der Waals surface area contributed by atoms with Gasteiger partial charge in [-0.15, -0.1) is 0 Å². The molecule has 1 aromatic rings. The summed E-state index contributed by atoms with van der Waals surface area (Å²) in [4.78, 5) is 11.3. The molecule has 3 N–H and O–H groups in total. The monoisotopic (exact) mass is 165 g/mol. The van der Waals surface area contributed by atoms with Crippen LogP contribution in [0.5, 0.6) is 5.75 Å². The van der Waals surface area contributed by atoms with Gasteiger partial charge in [0.25, 0.3) is 0 Å². The van der Waals surface area contributed by atoms with Crippen molar-refractivity contribution in [3.8, 4) is 5.75 Å². The molecule has 0 aliphatic heterocycles. The van der Waals surface area contributed by atoms with E-state index in [4.69, 9.17) is 5.73 Å². The number of para-hydroxylation sites is 1. The first-order chi connectivity index (χ1) is 5.63. The Balaban J connectivity index is 3.03. The molecule has 0 fully saturated rings. The minimum atomic E-state index is -0.571. The van der Waals surface area contributed by atoms with Crippen LogP contribution in [0.2, 0.25) is 0 Å². The van der Waals surface area contributed by atoms with Gasteiger partial charge in [-0.3, -0.25) is 4.79 Å². The number of carbonyl (C=O) groups excluding carboxylic acids is 1. The zero-order chi connectivity index (χ0) is 9.14. The molecular weight excluding hydrogens is 154 g/mol. The molecule has 0 heterocycles. The van der Waals surface area contributed by atoms with Crippen molar-refractivity contribution in [3.05, 3.63) is 29.8 Å². The molecule has 0 amide bonds. The second-order valence-electron chi connectivity index (χ2n) is 2.67. The van der Waals surface area contributed by atoms with Crippen LogP contribution in [0.4, 0.5) is 0 Å². The van der Waals surface area contributed by atoms with Crippen molar-refractivity contribution in [1.82, 2.24) is 0 Å². The number of benzene rings is 1. The highest BCUT2D eigenvalue weighted by atomic mass is 16.3. The number of rotatable bonds is 2. The Morgan fingerprint density at radius 2 is 2.08 bits per heavy atom. The lowest BCUT2D eigenvalue weighted by atomic mass is 10.1. The number of hydrogen-bond donors (Lipinski definition) is 2. The fraction of sp³-hybridized carbons (Fsp3) is 0.222. The first-order valence-electron chi connectivity index (χ1n) is 3.70. The van der Waals surface area contributed by atoms with E-state index in [1.807, 2.05) is 0 Å². The molecule has 3 nitrogen and oxygen atoms in total. The van der Waals surface area contributed by atoms with E-state index in [1.54, 1.807) is 25.1 Å². The van der Waals surface area contributed by atoms with Crippen molar-refractivity contribution in [2.45, 2.75) is 13.0 Å². The van der Waals surface area contributed by atoms with Crippen LogP contribution in [0, 0.1) is 0 Å². The molecule has 0 spiro atoms. The topological polar surface area (TPSA) is 63.3 Å². The Labute approximate surface area is 70.8 Å². The Kier molecular flexibility index (Phi) is 2.45. The van der Waals surface area contributed by atoms with Gasteiger partial charge in [0.1, 0.15) is 5.75 Å². The van der Waals surface area contributed by atoms with Crippen LogP contribution in [0.3, 0.4) is 0 Å². The number of ketones is 1. The van der Waals surface area contributed by atoms with Gasteiger partial charge in [-0.25, -0.2) is 0 Å². The minimum Gasteiger partial charge on any atom is -0.507 e. The predicted octanol–water partition coefficient (Wildman–Crippen LogP) is 0.922. The van der Waals surface area contributed by atoms with Crippen molar-refractivity contribution in [2.24, 2.45) is 5.73 Å². The number of aromatic hydroxyl groups is 1. The maximum atomic E-state index is 11.3. The third-order valence-electron chi connectivity index (χ3n) is 1.58. The summed E-state index contributed by atoms with van der Waals surface area (Å²) in [5.41, 5.74) is 5.66. The van der Waals surface area contributed by atoms with Gasteiger partial charge in [0.15, 0.2) is 5.78 Å². The summed E-state index contributed by atoms with van der Waals surface area (Å²) in [7, 11) is 0. The van der Waals surface area contributed by atoms with Crippen molar-refractivity contribution >= 4 is 5.78 Å². The van der Waals surface area contributed by atoms with Gasteiger partial charge >= 0.3 is 0 Å².